The fraction of sp³-hybridized carbons (Fsp3) is 0.406. The fourth-order valence-corrected chi connectivity index (χ4v) is 6.16. The Kier molecular flexibility index (Phi) is 10.3. The number of carbonyl (C=O) groups is 2. The number of hydrogen-bond donors (Lipinski definition) is 3. The number of benzene rings is 1. The minimum absolute atomic E-state index is 0.0235. The number of fused-ring (bicyclic) bond motifs is 1. The molecule has 47 heavy (non-hydrogen) atoms. The minimum atomic E-state index is -4.64. The second kappa shape index (κ2) is 14.2. The van der Waals surface area contributed by atoms with E-state index < -0.39 is 29.2 Å². The van der Waals surface area contributed by atoms with Crippen LogP contribution in [-0.4, -0.2) is 77.8 Å². The van der Waals surface area contributed by atoms with Gasteiger partial charge in [0.25, 0.3) is 5.91 Å². The van der Waals surface area contributed by atoms with Crippen molar-refractivity contribution in [3.63, 3.8) is 0 Å². The molecule has 5 rings (SSSR count). The van der Waals surface area contributed by atoms with Crippen molar-refractivity contribution >= 4 is 40.0 Å². The van der Waals surface area contributed by atoms with E-state index in [-0.39, 0.29) is 28.5 Å². The molecule has 4 heterocycles. The molecule has 15 heteroatoms. The van der Waals surface area contributed by atoms with Gasteiger partial charge in [0.15, 0.2) is 5.69 Å². The first-order valence-electron chi connectivity index (χ1n) is 15.1. The van der Waals surface area contributed by atoms with Crippen LogP contribution in [0.2, 0.25) is 0 Å². The van der Waals surface area contributed by atoms with Gasteiger partial charge in [-0.3, -0.25) is 14.9 Å². The van der Waals surface area contributed by atoms with Gasteiger partial charge in [-0.1, -0.05) is 6.07 Å². The maximum atomic E-state index is 13.7. The third kappa shape index (κ3) is 7.97. The van der Waals surface area contributed by atoms with Crippen molar-refractivity contribution in [3.05, 3.63) is 63.5 Å². The molecule has 1 aliphatic rings. The number of thiazole rings is 1. The van der Waals surface area contributed by atoms with E-state index in [1.54, 1.807) is 38.2 Å². The summed E-state index contributed by atoms with van der Waals surface area (Å²) in [6, 6.07) is 5.80. The molecule has 0 saturated carbocycles. The number of nitrogens with zero attached hydrogens (tertiary/aromatic N) is 4. The van der Waals surface area contributed by atoms with Crippen LogP contribution in [0.5, 0.6) is 0 Å². The number of amides is 3. The quantitative estimate of drug-likeness (QED) is 0.218. The van der Waals surface area contributed by atoms with Crippen LogP contribution in [0.4, 0.5) is 23.8 Å². The van der Waals surface area contributed by atoms with Gasteiger partial charge in [-0.15, -0.1) is 11.3 Å². The lowest BCUT2D eigenvalue weighted by molar-refractivity contribution is -0.140. The van der Waals surface area contributed by atoms with E-state index in [4.69, 9.17) is 4.74 Å². The lowest BCUT2D eigenvalue weighted by Crippen LogP contribution is -2.35. The van der Waals surface area contributed by atoms with Gasteiger partial charge in [0.2, 0.25) is 5.43 Å². The first-order valence-corrected chi connectivity index (χ1v) is 16.0. The molecule has 4 aromatic rings. The number of anilines is 1. The summed E-state index contributed by atoms with van der Waals surface area (Å²) < 4.78 is 48.1. The number of carbonyl (C=O) groups excluding carboxylic acids is 2. The number of likely N-dealkylation sites (N-methyl/N-ethyl adjacent to an activating group) is 1. The summed E-state index contributed by atoms with van der Waals surface area (Å²) in [4.78, 5) is 49.4. The molecule has 1 fully saturated rings. The van der Waals surface area contributed by atoms with Crippen molar-refractivity contribution in [1.82, 2.24) is 30.1 Å². The second-order valence-electron chi connectivity index (χ2n) is 11.8. The van der Waals surface area contributed by atoms with E-state index in [1.807, 2.05) is 23.6 Å². The maximum absolute atomic E-state index is 13.7. The van der Waals surface area contributed by atoms with Gasteiger partial charge in [0.05, 0.1) is 5.52 Å². The molecule has 0 unspecified atom stereocenters. The molecular formula is C32H36F3N7O4S. The van der Waals surface area contributed by atoms with Gasteiger partial charge >= 0.3 is 12.2 Å². The SMILES string of the molecule is CC(C)NC(=O)Nc1cc(-c2nc(C(F)(F)F)cs2)c(-c2ccc3c(=O)c(C(=O)NCCN(C)C)cn(C4CCOCC4)c3c2)cn1. The Hall–Kier alpha value is -4.34. The zero-order valence-electron chi connectivity index (χ0n) is 26.4. The minimum Gasteiger partial charge on any atom is -0.381 e. The average molecular weight is 672 g/mol. The molecule has 1 aliphatic heterocycles. The summed E-state index contributed by atoms with van der Waals surface area (Å²) in [5.74, 6) is -0.348. The number of nitrogens with one attached hydrogen (secondary N) is 3. The molecule has 250 valence electrons. The first kappa shape index (κ1) is 34.0. The second-order valence-corrected chi connectivity index (χ2v) is 12.7. The van der Waals surface area contributed by atoms with Crippen molar-refractivity contribution in [3.8, 4) is 21.7 Å². The smallest absolute Gasteiger partial charge is 0.381 e. The number of alkyl halides is 3. The molecule has 0 atom stereocenters. The zero-order chi connectivity index (χ0) is 33.9. The standard InChI is InChI=1S/C32H36F3N7O4S/c1-18(2)38-31(45)40-27-14-22(30-39-26(17-47-30)32(33,34)35)23(15-37-27)19-5-6-21-25(13-19)42(20-7-11-46-12-8-20)16-24(28(21)43)29(44)36-9-10-41(3)4/h5-6,13-18,20H,7-12H2,1-4H3,(H,36,44)(H2,37,38,40,45). The Morgan fingerprint density at radius 1 is 1.15 bits per heavy atom. The number of ether oxygens (including phenoxy) is 1. The molecule has 0 radical (unpaired) electrons. The van der Waals surface area contributed by atoms with Crippen LogP contribution in [0.3, 0.4) is 0 Å². The molecule has 3 aromatic heterocycles. The Labute approximate surface area is 273 Å². The molecule has 11 nitrogen and oxygen atoms in total. The largest absolute Gasteiger partial charge is 0.434 e. The highest BCUT2D eigenvalue weighted by Gasteiger charge is 2.34. The molecule has 3 amide bonds. The lowest BCUT2D eigenvalue weighted by Gasteiger charge is -2.27. The number of hydrogen-bond acceptors (Lipinski definition) is 8. The van der Waals surface area contributed by atoms with Crippen LogP contribution in [0.25, 0.3) is 32.6 Å². The van der Waals surface area contributed by atoms with Crippen LogP contribution in [0.1, 0.15) is 48.8 Å². The number of aromatic nitrogens is 3. The van der Waals surface area contributed by atoms with E-state index in [2.05, 4.69) is 25.9 Å². The first-order chi connectivity index (χ1) is 22.3. The summed E-state index contributed by atoms with van der Waals surface area (Å²) >= 11 is 0.818. The van der Waals surface area contributed by atoms with Gasteiger partial charge in [0.1, 0.15) is 16.4 Å². The normalized spacial score (nSPS) is 14.1. The van der Waals surface area contributed by atoms with Crippen molar-refractivity contribution in [1.29, 1.82) is 0 Å². The van der Waals surface area contributed by atoms with Gasteiger partial charge in [-0.25, -0.2) is 14.8 Å². The summed E-state index contributed by atoms with van der Waals surface area (Å²) in [6.07, 6.45) is -0.270. The van der Waals surface area contributed by atoms with E-state index >= 15 is 0 Å². The predicted octanol–water partition coefficient (Wildman–Crippen LogP) is 5.38. The van der Waals surface area contributed by atoms with Crippen LogP contribution >= 0.6 is 11.3 Å². The van der Waals surface area contributed by atoms with Crippen LogP contribution in [-0.2, 0) is 10.9 Å². The summed E-state index contributed by atoms with van der Waals surface area (Å²) in [6.45, 7) is 5.58. The molecule has 3 N–H and O–H groups in total. The monoisotopic (exact) mass is 671 g/mol. The summed E-state index contributed by atoms with van der Waals surface area (Å²) in [5, 5.41) is 9.47. The Morgan fingerprint density at radius 3 is 2.55 bits per heavy atom. The van der Waals surface area contributed by atoms with E-state index in [9.17, 15) is 27.6 Å². The fourth-order valence-electron chi connectivity index (χ4n) is 5.31. The zero-order valence-corrected chi connectivity index (χ0v) is 27.2. The molecule has 0 bridgehead atoms. The highest BCUT2D eigenvalue weighted by Crippen LogP contribution is 2.39. The summed E-state index contributed by atoms with van der Waals surface area (Å²) in [5.41, 5.74) is 0.444. The molecule has 0 spiro atoms. The van der Waals surface area contributed by atoms with Crippen LogP contribution in [0, 0.1) is 0 Å². The number of pyridine rings is 2. The molecule has 1 aromatic carbocycles. The van der Waals surface area contributed by atoms with Crippen molar-refractivity contribution in [2.75, 3.05) is 45.7 Å². The number of halogens is 3. The van der Waals surface area contributed by atoms with Gasteiger partial charge < -0.3 is 24.8 Å². The highest BCUT2D eigenvalue weighted by molar-refractivity contribution is 7.13. The topological polar surface area (TPSA) is 130 Å². The van der Waals surface area contributed by atoms with Gasteiger partial charge in [0, 0.05) is 72.7 Å². The van der Waals surface area contributed by atoms with Crippen LogP contribution in [0.15, 0.2) is 46.8 Å². The summed E-state index contributed by atoms with van der Waals surface area (Å²) in [7, 11) is 3.77. The lowest BCUT2D eigenvalue weighted by atomic mass is 9.98. The number of urea groups is 1. The third-order valence-electron chi connectivity index (χ3n) is 7.61. The van der Waals surface area contributed by atoms with Crippen molar-refractivity contribution < 1.29 is 27.5 Å². The van der Waals surface area contributed by atoms with E-state index in [0.29, 0.717) is 66.7 Å². The maximum Gasteiger partial charge on any atom is 0.434 e. The van der Waals surface area contributed by atoms with E-state index in [1.165, 1.54) is 12.3 Å². The molecular weight excluding hydrogens is 635 g/mol. The molecule has 0 aliphatic carbocycles. The Bertz CT molecular complexity index is 1830. The van der Waals surface area contributed by atoms with Crippen molar-refractivity contribution in [2.45, 2.75) is 44.9 Å². The van der Waals surface area contributed by atoms with Gasteiger partial charge in [-0.05, 0) is 64.5 Å². The number of rotatable bonds is 9. The average Bonchev–Trinajstić information content (AvgIpc) is 3.52. The van der Waals surface area contributed by atoms with Crippen LogP contribution < -0.4 is 21.4 Å². The highest BCUT2D eigenvalue weighted by atomic mass is 32.1. The van der Waals surface area contributed by atoms with Gasteiger partial charge in [-0.2, -0.15) is 13.2 Å². The van der Waals surface area contributed by atoms with Crippen molar-refractivity contribution in [2.24, 2.45) is 0 Å². The van der Waals surface area contributed by atoms with E-state index in [0.717, 1.165) is 16.7 Å². The Morgan fingerprint density at radius 2 is 1.89 bits per heavy atom. The Balaban J connectivity index is 1.64. The third-order valence-corrected chi connectivity index (χ3v) is 8.48. The predicted molar refractivity (Wildman–Crippen MR) is 175 cm³/mol. The molecule has 1 saturated heterocycles.